The van der Waals surface area contributed by atoms with Crippen LogP contribution in [0, 0.1) is 5.92 Å². The number of nitrogens with one attached hydrogen (secondary N) is 1. The highest BCUT2D eigenvalue weighted by Crippen LogP contribution is 2.39. The van der Waals surface area contributed by atoms with Crippen molar-refractivity contribution >= 4 is 23.3 Å². The van der Waals surface area contributed by atoms with Crippen LogP contribution in [0.3, 0.4) is 0 Å². The first-order valence-corrected chi connectivity index (χ1v) is 8.66. The zero-order valence-electron chi connectivity index (χ0n) is 12.6. The summed E-state index contributed by atoms with van der Waals surface area (Å²) in [5.41, 5.74) is 0. The zero-order chi connectivity index (χ0) is 15.1. The lowest BCUT2D eigenvalue weighted by Crippen LogP contribution is -2.45. The molecule has 1 amide bonds. The number of anilines is 1. The molecule has 3 aliphatic rings. The summed E-state index contributed by atoms with van der Waals surface area (Å²) in [4.78, 5) is 23.1. The summed E-state index contributed by atoms with van der Waals surface area (Å²) in [6.07, 6.45) is 6.42. The molecule has 6 heteroatoms. The highest BCUT2D eigenvalue weighted by molar-refractivity contribution is 6.29. The maximum absolute atomic E-state index is 11.8. The van der Waals surface area contributed by atoms with Crippen molar-refractivity contribution in [2.45, 2.75) is 50.5 Å². The van der Waals surface area contributed by atoms with Gasteiger partial charge in [-0.2, -0.15) is 0 Å². The summed E-state index contributed by atoms with van der Waals surface area (Å²) in [5, 5.41) is 3.72. The molecule has 3 fully saturated rings. The molecule has 2 saturated carbocycles. The molecule has 2 heterocycles. The number of aromatic nitrogens is 2. The Morgan fingerprint density at radius 3 is 2.50 bits per heavy atom. The summed E-state index contributed by atoms with van der Waals surface area (Å²) in [6, 6.07) is 2.17. The van der Waals surface area contributed by atoms with Gasteiger partial charge in [-0.05, 0) is 38.5 Å². The Bertz CT molecular complexity index is 578. The first-order chi connectivity index (χ1) is 10.7. The number of carbonyl (C=O) groups is 1. The average Bonchev–Trinajstić information content (AvgIpc) is 3.40. The van der Waals surface area contributed by atoms with Gasteiger partial charge in [-0.15, -0.1) is 0 Å². The maximum atomic E-state index is 11.8. The lowest BCUT2D eigenvalue weighted by Gasteiger charge is -2.33. The number of piperidine rings is 1. The van der Waals surface area contributed by atoms with Crippen molar-refractivity contribution < 1.29 is 4.79 Å². The first-order valence-electron chi connectivity index (χ1n) is 8.29. The van der Waals surface area contributed by atoms with Gasteiger partial charge in [0.15, 0.2) is 0 Å². The molecule has 1 N–H and O–H groups in total. The fourth-order valence-electron chi connectivity index (χ4n) is 3.03. The third kappa shape index (κ3) is 3.19. The van der Waals surface area contributed by atoms with Crippen LogP contribution in [-0.2, 0) is 4.79 Å². The van der Waals surface area contributed by atoms with Crippen LogP contribution in [0.5, 0.6) is 0 Å². The van der Waals surface area contributed by atoms with Crippen LogP contribution in [0.25, 0.3) is 0 Å². The molecule has 5 nitrogen and oxygen atoms in total. The number of hydrogen-bond acceptors (Lipinski definition) is 4. The fraction of sp³-hybridized carbons (Fsp3) is 0.688. The Balaban J connectivity index is 1.37. The summed E-state index contributed by atoms with van der Waals surface area (Å²) < 4.78 is 0. The van der Waals surface area contributed by atoms with E-state index in [1.54, 1.807) is 0 Å². The largest absolute Gasteiger partial charge is 0.356 e. The molecule has 0 spiro atoms. The van der Waals surface area contributed by atoms with Crippen molar-refractivity contribution in [1.82, 2.24) is 15.3 Å². The second-order valence-electron chi connectivity index (χ2n) is 6.73. The first kappa shape index (κ1) is 14.2. The Labute approximate surface area is 135 Å². The minimum Gasteiger partial charge on any atom is -0.356 e. The van der Waals surface area contributed by atoms with E-state index in [-0.39, 0.29) is 5.91 Å². The molecule has 22 heavy (non-hydrogen) atoms. The minimum absolute atomic E-state index is 0.250. The van der Waals surface area contributed by atoms with Gasteiger partial charge in [-0.1, -0.05) is 11.6 Å². The van der Waals surface area contributed by atoms with Gasteiger partial charge in [0, 0.05) is 37.0 Å². The van der Waals surface area contributed by atoms with E-state index in [1.807, 2.05) is 6.07 Å². The summed E-state index contributed by atoms with van der Waals surface area (Å²) in [6.45, 7) is 1.82. The van der Waals surface area contributed by atoms with Crippen LogP contribution in [0.1, 0.15) is 50.3 Å². The van der Waals surface area contributed by atoms with Crippen molar-refractivity contribution in [3.8, 4) is 0 Å². The second kappa shape index (κ2) is 5.69. The molecule has 1 aromatic heterocycles. The highest BCUT2D eigenvalue weighted by atomic mass is 35.5. The van der Waals surface area contributed by atoms with Gasteiger partial charge in [-0.25, -0.2) is 9.97 Å². The molecule has 1 aliphatic heterocycles. The lowest BCUT2D eigenvalue weighted by molar-refractivity contribution is -0.123. The monoisotopic (exact) mass is 320 g/mol. The van der Waals surface area contributed by atoms with Gasteiger partial charge in [0.1, 0.15) is 16.8 Å². The quantitative estimate of drug-likeness (QED) is 0.866. The van der Waals surface area contributed by atoms with Crippen LogP contribution in [0.2, 0.25) is 5.15 Å². The summed E-state index contributed by atoms with van der Waals surface area (Å²) in [5.74, 6) is 2.88. The molecule has 0 atom stereocenters. The second-order valence-corrected chi connectivity index (χ2v) is 7.11. The number of hydrogen-bond donors (Lipinski definition) is 1. The topological polar surface area (TPSA) is 58.1 Å². The Morgan fingerprint density at radius 1 is 1.14 bits per heavy atom. The predicted octanol–water partition coefficient (Wildman–Crippen LogP) is 2.50. The van der Waals surface area contributed by atoms with E-state index < -0.39 is 0 Å². The molecule has 0 aromatic carbocycles. The van der Waals surface area contributed by atoms with Crippen LogP contribution in [0.4, 0.5) is 5.82 Å². The molecule has 0 unspecified atom stereocenters. The Kier molecular flexibility index (Phi) is 3.68. The number of rotatable bonds is 4. The van der Waals surface area contributed by atoms with Crippen LogP contribution >= 0.6 is 11.6 Å². The minimum atomic E-state index is 0.250. The summed E-state index contributed by atoms with van der Waals surface area (Å²) >= 11 is 6.15. The molecule has 4 rings (SSSR count). The Morgan fingerprint density at radius 2 is 1.86 bits per heavy atom. The molecule has 0 radical (unpaired) electrons. The van der Waals surface area contributed by atoms with E-state index in [9.17, 15) is 4.79 Å². The maximum Gasteiger partial charge on any atom is 0.223 e. The molecule has 2 aliphatic carbocycles. The van der Waals surface area contributed by atoms with E-state index >= 15 is 0 Å². The molecule has 1 saturated heterocycles. The van der Waals surface area contributed by atoms with Crippen LogP contribution < -0.4 is 10.2 Å². The van der Waals surface area contributed by atoms with Gasteiger partial charge in [0.05, 0.1) is 0 Å². The van der Waals surface area contributed by atoms with Gasteiger partial charge in [-0.3, -0.25) is 4.79 Å². The van der Waals surface area contributed by atoms with E-state index in [2.05, 4.69) is 20.2 Å². The van der Waals surface area contributed by atoms with Gasteiger partial charge >= 0.3 is 0 Å². The number of halogens is 1. The van der Waals surface area contributed by atoms with Crippen molar-refractivity contribution in [1.29, 1.82) is 0 Å². The smallest absolute Gasteiger partial charge is 0.223 e. The van der Waals surface area contributed by atoms with Gasteiger partial charge in [0.25, 0.3) is 0 Å². The average molecular weight is 321 g/mol. The highest BCUT2D eigenvalue weighted by Gasteiger charge is 2.32. The van der Waals surface area contributed by atoms with Crippen molar-refractivity contribution in [2.75, 3.05) is 18.0 Å². The van der Waals surface area contributed by atoms with Crippen LogP contribution in [-0.4, -0.2) is 35.0 Å². The normalized spacial score (nSPS) is 22.7. The third-order valence-electron chi connectivity index (χ3n) is 4.75. The predicted molar refractivity (Wildman–Crippen MR) is 85.1 cm³/mol. The Hall–Kier alpha value is -1.36. The van der Waals surface area contributed by atoms with Crippen LogP contribution in [0.15, 0.2) is 6.07 Å². The standard InChI is InChI=1S/C16H21ClN4O/c17-13-9-14(20-15(19-13)10-1-2-10)21-7-5-12(6-8-21)18-16(22)11-3-4-11/h9-12H,1-8H2,(H,18,22). The van der Waals surface area contributed by atoms with Crippen molar-refractivity contribution in [3.05, 3.63) is 17.0 Å². The van der Waals surface area contributed by atoms with Gasteiger partial charge in [0.2, 0.25) is 5.91 Å². The fourth-order valence-corrected chi connectivity index (χ4v) is 3.21. The van der Waals surface area contributed by atoms with E-state index in [1.165, 1.54) is 12.8 Å². The van der Waals surface area contributed by atoms with Crippen molar-refractivity contribution in [2.24, 2.45) is 5.92 Å². The number of amides is 1. The SMILES string of the molecule is O=C(NC1CCN(c2cc(Cl)nc(C3CC3)n2)CC1)C1CC1. The summed E-state index contributed by atoms with van der Waals surface area (Å²) in [7, 11) is 0. The van der Waals surface area contributed by atoms with Crippen molar-refractivity contribution in [3.63, 3.8) is 0 Å². The van der Waals surface area contributed by atoms with E-state index in [0.29, 0.717) is 23.0 Å². The number of nitrogens with zero attached hydrogens (tertiary/aromatic N) is 3. The molecule has 118 valence electrons. The van der Waals surface area contributed by atoms with E-state index in [0.717, 1.165) is 50.4 Å². The molecular formula is C16H21ClN4O. The molecular weight excluding hydrogens is 300 g/mol. The van der Waals surface area contributed by atoms with E-state index in [4.69, 9.17) is 11.6 Å². The zero-order valence-corrected chi connectivity index (χ0v) is 13.4. The number of carbonyl (C=O) groups excluding carboxylic acids is 1. The lowest BCUT2D eigenvalue weighted by atomic mass is 10.0. The molecule has 0 bridgehead atoms. The molecule has 1 aromatic rings. The van der Waals surface area contributed by atoms with Gasteiger partial charge < -0.3 is 10.2 Å². The third-order valence-corrected chi connectivity index (χ3v) is 4.95.